The summed E-state index contributed by atoms with van der Waals surface area (Å²) in [5.41, 5.74) is 10.1. The first kappa shape index (κ1) is 18.7. The molecule has 0 fully saturated rings. The Bertz CT molecular complexity index is 1150. The number of thiazole rings is 1. The van der Waals surface area contributed by atoms with Crippen LogP contribution in [0, 0.1) is 0 Å². The molecule has 3 aromatic carbocycles. The number of fused-ring (bicyclic) bond motifs is 1. The predicted molar refractivity (Wildman–Crippen MR) is 122 cm³/mol. The molecule has 1 heterocycles. The van der Waals surface area contributed by atoms with Crippen LogP contribution in [0.3, 0.4) is 0 Å². The number of nitrogens with zero attached hydrogens (tertiary/aromatic N) is 1. The Morgan fingerprint density at radius 1 is 1.03 bits per heavy atom. The summed E-state index contributed by atoms with van der Waals surface area (Å²) in [6, 6.07) is 23.3. The number of hydrogen-bond donors (Lipinski definition) is 3. The number of amides is 1. The molecule has 0 saturated heterocycles. The number of para-hydroxylation sites is 3. The van der Waals surface area contributed by atoms with Crippen molar-refractivity contribution in [3.63, 3.8) is 0 Å². The van der Waals surface area contributed by atoms with E-state index in [-0.39, 0.29) is 5.91 Å². The number of hydrogen-bond acceptors (Lipinski definition) is 5. The average Bonchev–Trinajstić information content (AvgIpc) is 3.16. The number of benzene rings is 3. The van der Waals surface area contributed by atoms with Gasteiger partial charge in [-0.1, -0.05) is 53.8 Å². The second kappa shape index (κ2) is 8.58. The van der Waals surface area contributed by atoms with Crippen LogP contribution in [0.25, 0.3) is 16.3 Å². The van der Waals surface area contributed by atoms with Crippen molar-refractivity contribution in [2.45, 2.75) is 6.54 Å². The molecule has 0 unspecified atom stereocenters. The molecule has 4 rings (SSSR count). The first-order chi connectivity index (χ1) is 14.2. The Hall–Kier alpha value is -3.64. The fourth-order valence-corrected chi connectivity index (χ4v) is 3.75. The van der Waals surface area contributed by atoms with Crippen LogP contribution in [0.5, 0.6) is 0 Å². The van der Waals surface area contributed by atoms with E-state index in [2.05, 4.69) is 21.7 Å². The summed E-state index contributed by atoms with van der Waals surface area (Å²) in [6.07, 6.45) is 3.29. The molecule has 4 aromatic rings. The minimum atomic E-state index is -0.221. The van der Waals surface area contributed by atoms with Crippen molar-refractivity contribution in [1.29, 1.82) is 0 Å². The zero-order chi connectivity index (χ0) is 20.1. The van der Waals surface area contributed by atoms with E-state index >= 15 is 0 Å². The summed E-state index contributed by atoms with van der Waals surface area (Å²) in [5, 5.41) is 7.05. The Balaban J connectivity index is 1.38. The Morgan fingerprint density at radius 3 is 2.72 bits per heavy atom. The van der Waals surface area contributed by atoms with Gasteiger partial charge in [0.15, 0.2) is 5.13 Å². The van der Waals surface area contributed by atoms with Crippen LogP contribution in [0.1, 0.15) is 11.1 Å². The molecule has 0 saturated carbocycles. The lowest BCUT2D eigenvalue weighted by Crippen LogP contribution is -2.09. The summed E-state index contributed by atoms with van der Waals surface area (Å²) in [4.78, 5) is 16.7. The van der Waals surface area contributed by atoms with Crippen LogP contribution < -0.4 is 16.4 Å². The van der Waals surface area contributed by atoms with E-state index in [0.717, 1.165) is 26.5 Å². The first-order valence-corrected chi connectivity index (χ1v) is 10.0. The number of anilines is 3. The molecule has 144 valence electrons. The van der Waals surface area contributed by atoms with Crippen LogP contribution in [-0.4, -0.2) is 10.9 Å². The topological polar surface area (TPSA) is 80.0 Å². The molecular formula is C23H20N4OS. The summed E-state index contributed by atoms with van der Waals surface area (Å²) >= 11 is 1.64. The predicted octanol–water partition coefficient (Wildman–Crippen LogP) is 5.14. The van der Waals surface area contributed by atoms with Crippen LogP contribution in [0.15, 0.2) is 78.9 Å². The molecule has 4 N–H and O–H groups in total. The number of nitrogens with one attached hydrogen (secondary N) is 2. The molecule has 0 radical (unpaired) electrons. The van der Waals surface area contributed by atoms with Crippen molar-refractivity contribution in [3.05, 3.63) is 90.0 Å². The van der Waals surface area contributed by atoms with Gasteiger partial charge in [0.1, 0.15) is 0 Å². The second-order valence-electron chi connectivity index (χ2n) is 6.50. The maximum Gasteiger partial charge on any atom is 0.248 e. The van der Waals surface area contributed by atoms with E-state index in [1.807, 2.05) is 54.6 Å². The van der Waals surface area contributed by atoms with Crippen molar-refractivity contribution >= 4 is 50.0 Å². The van der Waals surface area contributed by atoms with Crippen molar-refractivity contribution in [1.82, 2.24) is 4.98 Å². The number of carbonyl (C=O) groups is 1. The summed E-state index contributed by atoms with van der Waals surface area (Å²) < 4.78 is 1.16. The lowest BCUT2D eigenvalue weighted by Gasteiger charge is -2.05. The third-order valence-electron chi connectivity index (χ3n) is 4.33. The second-order valence-corrected chi connectivity index (χ2v) is 7.53. The van der Waals surface area contributed by atoms with E-state index < -0.39 is 0 Å². The highest BCUT2D eigenvalue weighted by Gasteiger charge is 2.03. The molecular weight excluding hydrogens is 380 g/mol. The van der Waals surface area contributed by atoms with Gasteiger partial charge in [-0.3, -0.25) is 4.79 Å². The molecule has 0 aliphatic heterocycles. The maximum absolute atomic E-state index is 12.1. The number of nitrogens with two attached hydrogens (primary N) is 1. The zero-order valence-electron chi connectivity index (χ0n) is 15.6. The zero-order valence-corrected chi connectivity index (χ0v) is 16.4. The van der Waals surface area contributed by atoms with Crippen molar-refractivity contribution in [3.8, 4) is 0 Å². The highest BCUT2D eigenvalue weighted by molar-refractivity contribution is 7.22. The Labute approximate surface area is 172 Å². The Morgan fingerprint density at radius 2 is 1.86 bits per heavy atom. The first-order valence-electron chi connectivity index (χ1n) is 9.19. The number of carbonyl (C=O) groups excluding carboxylic acids is 1. The third-order valence-corrected chi connectivity index (χ3v) is 5.33. The van der Waals surface area contributed by atoms with Gasteiger partial charge in [0.2, 0.25) is 5.91 Å². The lowest BCUT2D eigenvalue weighted by atomic mass is 10.1. The van der Waals surface area contributed by atoms with E-state index in [0.29, 0.717) is 17.9 Å². The molecule has 0 aliphatic rings. The van der Waals surface area contributed by atoms with Gasteiger partial charge in [-0.15, -0.1) is 0 Å². The van der Waals surface area contributed by atoms with Crippen LogP contribution >= 0.6 is 11.3 Å². The van der Waals surface area contributed by atoms with Gasteiger partial charge >= 0.3 is 0 Å². The number of nitrogen functional groups attached to an aromatic ring is 1. The molecule has 1 aromatic heterocycles. The SMILES string of the molecule is Nc1ccccc1NC(=O)/C=C/c1cccc(CNc2nc3ccccc3s2)c1. The van der Waals surface area contributed by atoms with Gasteiger partial charge < -0.3 is 16.4 Å². The molecule has 29 heavy (non-hydrogen) atoms. The van der Waals surface area contributed by atoms with Crippen LogP contribution in [0.4, 0.5) is 16.5 Å². The van der Waals surface area contributed by atoms with Crippen molar-refractivity contribution in [2.24, 2.45) is 0 Å². The van der Waals surface area contributed by atoms with Gasteiger partial charge in [0.05, 0.1) is 21.6 Å². The standard InChI is InChI=1S/C23H20N4OS/c24-18-8-1-2-9-19(18)26-22(28)13-12-16-6-5-7-17(14-16)15-25-23-27-20-10-3-4-11-21(20)29-23/h1-14H,15,24H2,(H,25,27)(H,26,28)/b13-12+. The minimum absolute atomic E-state index is 0.221. The molecule has 1 amide bonds. The number of rotatable bonds is 6. The van der Waals surface area contributed by atoms with Crippen LogP contribution in [0.2, 0.25) is 0 Å². The normalized spacial score (nSPS) is 11.0. The van der Waals surface area contributed by atoms with Gasteiger partial charge in [0.25, 0.3) is 0 Å². The van der Waals surface area contributed by atoms with Gasteiger partial charge in [0, 0.05) is 12.6 Å². The maximum atomic E-state index is 12.1. The number of aromatic nitrogens is 1. The van der Waals surface area contributed by atoms with Crippen molar-refractivity contribution < 1.29 is 4.79 Å². The van der Waals surface area contributed by atoms with Gasteiger partial charge in [-0.2, -0.15) is 0 Å². The molecule has 0 atom stereocenters. The lowest BCUT2D eigenvalue weighted by molar-refractivity contribution is -0.111. The van der Waals surface area contributed by atoms with Gasteiger partial charge in [-0.05, 0) is 47.5 Å². The highest BCUT2D eigenvalue weighted by Crippen LogP contribution is 2.25. The molecule has 0 spiro atoms. The summed E-state index contributed by atoms with van der Waals surface area (Å²) in [6.45, 7) is 0.661. The molecule has 6 heteroatoms. The smallest absolute Gasteiger partial charge is 0.248 e. The van der Waals surface area contributed by atoms with E-state index in [1.54, 1.807) is 29.5 Å². The largest absolute Gasteiger partial charge is 0.397 e. The molecule has 5 nitrogen and oxygen atoms in total. The minimum Gasteiger partial charge on any atom is -0.397 e. The quantitative estimate of drug-likeness (QED) is 0.309. The fourth-order valence-electron chi connectivity index (χ4n) is 2.89. The molecule has 0 aliphatic carbocycles. The van der Waals surface area contributed by atoms with Crippen LogP contribution in [-0.2, 0) is 11.3 Å². The fraction of sp³-hybridized carbons (Fsp3) is 0.0435. The summed E-state index contributed by atoms with van der Waals surface area (Å²) in [7, 11) is 0. The highest BCUT2D eigenvalue weighted by atomic mass is 32.1. The van der Waals surface area contributed by atoms with E-state index in [9.17, 15) is 4.79 Å². The third kappa shape index (κ3) is 4.80. The van der Waals surface area contributed by atoms with Gasteiger partial charge in [-0.25, -0.2) is 4.98 Å². The van der Waals surface area contributed by atoms with E-state index in [4.69, 9.17) is 5.73 Å². The molecule has 0 bridgehead atoms. The summed E-state index contributed by atoms with van der Waals surface area (Å²) in [5.74, 6) is -0.221. The van der Waals surface area contributed by atoms with E-state index in [1.165, 1.54) is 6.08 Å². The monoisotopic (exact) mass is 400 g/mol. The Kier molecular flexibility index (Phi) is 5.54. The van der Waals surface area contributed by atoms with Crippen molar-refractivity contribution in [2.75, 3.05) is 16.4 Å². The average molecular weight is 401 g/mol.